The van der Waals surface area contributed by atoms with E-state index in [9.17, 15) is 0 Å². The van der Waals surface area contributed by atoms with Gasteiger partial charge in [-0.1, -0.05) is 13.8 Å². The third-order valence-electron chi connectivity index (χ3n) is 2.02. The van der Waals surface area contributed by atoms with E-state index in [-0.39, 0.29) is 18.3 Å². The van der Waals surface area contributed by atoms with E-state index in [1.165, 1.54) is 0 Å². The van der Waals surface area contributed by atoms with Gasteiger partial charge in [0.1, 0.15) is 0 Å². The molecule has 3 nitrogen and oxygen atoms in total. The molecule has 0 aromatic rings. The van der Waals surface area contributed by atoms with Crippen molar-refractivity contribution in [3.63, 3.8) is 0 Å². The van der Waals surface area contributed by atoms with E-state index >= 15 is 0 Å². The van der Waals surface area contributed by atoms with Gasteiger partial charge in [0.2, 0.25) is 0 Å². The molecule has 1 saturated heterocycles. The summed E-state index contributed by atoms with van der Waals surface area (Å²) in [5, 5.41) is 8.75. The molecule has 0 bridgehead atoms. The Balaban J connectivity index is 2.41. The topological polar surface area (TPSA) is 38.7 Å². The number of aliphatic hydroxyl groups excluding tert-OH is 1. The van der Waals surface area contributed by atoms with Crippen LogP contribution in [0, 0.1) is 5.41 Å². The van der Waals surface area contributed by atoms with Crippen LogP contribution in [-0.4, -0.2) is 31.2 Å². The molecule has 0 aromatic carbocycles. The summed E-state index contributed by atoms with van der Waals surface area (Å²) in [5.74, 6) is 0. The van der Waals surface area contributed by atoms with Gasteiger partial charge in [-0.15, -0.1) is 0 Å². The third-order valence-corrected chi connectivity index (χ3v) is 2.02. The molecular weight excluding hydrogens is 144 g/mol. The van der Waals surface area contributed by atoms with E-state index in [0.29, 0.717) is 13.2 Å². The van der Waals surface area contributed by atoms with Gasteiger partial charge in [0.05, 0.1) is 13.2 Å². The number of rotatable bonds is 3. The first-order chi connectivity index (χ1) is 5.17. The van der Waals surface area contributed by atoms with Crippen molar-refractivity contribution in [2.45, 2.75) is 26.6 Å². The standard InChI is InChI=1S/C8H16O3/c1-8(2,3-4-9)7-10-5-6-11-7/h7,9H,3-6H2,1-2H3. The van der Waals surface area contributed by atoms with Crippen molar-refractivity contribution in [1.29, 1.82) is 0 Å². The average Bonchev–Trinajstić information content (AvgIpc) is 2.37. The van der Waals surface area contributed by atoms with Crippen molar-refractivity contribution in [1.82, 2.24) is 0 Å². The minimum Gasteiger partial charge on any atom is -0.396 e. The molecule has 3 heteroatoms. The lowest BCUT2D eigenvalue weighted by molar-refractivity contribution is -0.125. The SMILES string of the molecule is CC(C)(CCO)C1OCCO1. The van der Waals surface area contributed by atoms with Crippen LogP contribution in [0.2, 0.25) is 0 Å². The van der Waals surface area contributed by atoms with Gasteiger partial charge in [0, 0.05) is 12.0 Å². The first-order valence-electron chi connectivity index (χ1n) is 4.01. The Labute approximate surface area is 67.3 Å². The zero-order valence-corrected chi connectivity index (χ0v) is 7.17. The summed E-state index contributed by atoms with van der Waals surface area (Å²) in [6.45, 7) is 5.63. The lowest BCUT2D eigenvalue weighted by Gasteiger charge is -2.28. The Kier molecular flexibility index (Phi) is 2.87. The monoisotopic (exact) mass is 160 g/mol. The molecule has 0 atom stereocenters. The molecule has 0 spiro atoms. The van der Waals surface area contributed by atoms with Crippen LogP contribution < -0.4 is 0 Å². The second-order valence-corrected chi connectivity index (χ2v) is 3.54. The van der Waals surface area contributed by atoms with Gasteiger partial charge >= 0.3 is 0 Å². The van der Waals surface area contributed by atoms with Gasteiger partial charge in [0.15, 0.2) is 6.29 Å². The van der Waals surface area contributed by atoms with E-state index in [4.69, 9.17) is 14.6 Å². The molecule has 1 heterocycles. The summed E-state index contributed by atoms with van der Waals surface area (Å²) in [4.78, 5) is 0. The number of ether oxygens (including phenoxy) is 2. The predicted molar refractivity (Wildman–Crippen MR) is 41.2 cm³/mol. The van der Waals surface area contributed by atoms with Crippen LogP contribution in [-0.2, 0) is 9.47 Å². The van der Waals surface area contributed by atoms with Gasteiger partial charge in [0.25, 0.3) is 0 Å². The molecule has 0 radical (unpaired) electrons. The fourth-order valence-electron chi connectivity index (χ4n) is 1.22. The van der Waals surface area contributed by atoms with Gasteiger partial charge in [-0.3, -0.25) is 0 Å². The molecule has 66 valence electrons. The summed E-state index contributed by atoms with van der Waals surface area (Å²) >= 11 is 0. The lowest BCUT2D eigenvalue weighted by atomic mass is 9.89. The average molecular weight is 160 g/mol. The molecule has 0 saturated carbocycles. The Bertz CT molecular complexity index is 117. The molecule has 1 aliphatic rings. The van der Waals surface area contributed by atoms with E-state index in [0.717, 1.165) is 6.42 Å². The van der Waals surface area contributed by atoms with Crippen LogP contribution in [0.4, 0.5) is 0 Å². The summed E-state index contributed by atoms with van der Waals surface area (Å²) in [6.07, 6.45) is 0.590. The van der Waals surface area contributed by atoms with Gasteiger partial charge in [-0.05, 0) is 6.42 Å². The van der Waals surface area contributed by atoms with Crippen molar-refractivity contribution in [2.24, 2.45) is 5.41 Å². The van der Waals surface area contributed by atoms with Crippen molar-refractivity contribution in [3.05, 3.63) is 0 Å². The predicted octanol–water partition coefficient (Wildman–Crippen LogP) is 0.768. The fraction of sp³-hybridized carbons (Fsp3) is 1.00. The van der Waals surface area contributed by atoms with Crippen molar-refractivity contribution in [2.75, 3.05) is 19.8 Å². The Morgan fingerprint density at radius 3 is 2.36 bits per heavy atom. The van der Waals surface area contributed by atoms with E-state index in [1.807, 2.05) is 13.8 Å². The highest BCUT2D eigenvalue weighted by Crippen LogP contribution is 2.30. The van der Waals surface area contributed by atoms with Crippen LogP contribution in [0.25, 0.3) is 0 Å². The number of aliphatic hydroxyl groups is 1. The highest BCUT2D eigenvalue weighted by molar-refractivity contribution is 4.74. The smallest absolute Gasteiger partial charge is 0.162 e. The minimum absolute atomic E-state index is 0.0642. The zero-order chi connectivity index (χ0) is 8.32. The summed E-state index contributed by atoms with van der Waals surface area (Å²) in [6, 6.07) is 0. The highest BCUT2D eigenvalue weighted by Gasteiger charge is 2.33. The summed E-state index contributed by atoms with van der Waals surface area (Å²) in [5.41, 5.74) is -0.0642. The van der Waals surface area contributed by atoms with Crippen LogP contribution >= 0.6 is 0 Å². The normalized spacial score (nSPS) is 21.0. The van der Waals surface area contributed by atoms with Gasteiger partial charge in [-0.2, -0.15) is 0 Å². The van der Waals surface area contributed by atoms with E-state index in [1.54, 1.807) is 0 Å². The quantitative estimate of drug-likeness (QED) is 0.662. The molecule has 0 aliphatic carbocycles. The summed E-state index contributed by atoms with van der Waals surface area (Å²) < 4.78 is 10.7. The minimum atomic E-state index is -0.130. The van der Waals surface area contributed by atoms with Crippen molar-refractivity contribution < 1.29 is 14.6 Å². The molecule has 11 heavy (non-hydrogen) atoms. The lowest BCUT2D eigenvalue weighted by Crippen LogP contribution is -2.31. The fourth-order valence-corrected chi connectivity index (χ4v) is 1.22. The number of hydrogen-bond acceptors (Lipinski definition) is 3. The maximum atomic E-state index is 8.75. The first kappa shape index (κ1) is 8.97. The zero-order valence-electron chi connectivity index (χ0n) is 7.17. The molecule has 0 aromatic heterocycles. The molecule has 0 amide bonds. The maximum absolute atomic E-state index is 8.75. The van der Waals surface area contributed by atoms with Crippen LogP contribution in [0.15, 0.2) is 0 Å². The molecule has 0 unspecified atom stereocenters. The Morgan fingerprint density at radius 1 is 1.36 bits per heavy atom. The molecule has 1 rings (SSSR count). The first-order valence-corrected chi connectivity index (χ1v) is 4.01. The maximum Gasteiger partial charge on any atom is 0.162 e. The van der Waals surface area contributed by atoms with Crippen molar-refractivity contribution >= 4 is 0 Å². The number of hydrogen-bond donors (Lipinski definition) is 1. The second-order valence-electron chi connectivity index (χ2n) is 3.54. The van der Waals surface area contributed by atoms with Crippen LogP contribution in [0.5, 0.6) is 0 Å². The van der Waals surface area contributed by atoms with E-state index < -0.39 is 0 Å². The molecular formula is C8H16O3. The summed E-state index contributed by atoms with van der Waals surface area (Å²) in [7, 11) is 0. The van der Waals surface area contributed by atoms with E-state index in [2.05, 4.69) is 0 Å². The highest BCUT2D eigenvalue weighted by atomic mass is 16.7. The van der Waals surface area contributed by atoms with Crippen LogP contribution in [0.1, 0.15) is 20.3 Å². The molecule has 1 N–H and O–H groups in total. The largest absolute Gasteiger partial charge is 0.396 e. The molecule has 1 aliphatic heterocycles. The third kappa shape index (κ3) is 2.15. The van der Waals surface area contributed by atoms with Gasteiger partial charge in [-0.25, -0.2) is 0 Å². The van der Waals surface area contributed by atoms with Gasteiger partial charge < -0.3 is 14.6 Å². The Hall–Kier alpha value is -0.120. The molecule has 1 fully saturated rings. The van der Waals surface area contributed by atoms with Crippen molar-refractivity contribution in [3.8, 4) is 0 Å². The Morgan fingerprint density at radius 2 is 1.91 bits per heavy atom. The van der Waals surface area contributed by atoms with Crippen LogP contribution in [0.3, 0.4) is 0 Å². The second kappa shape index (κ2) is 3.52.